The van der Waals surface area contributed by atoms with Crippen molar-refractivity contribution in [3.63, 3.8) is 0 Å². The summed E-state index contributed by atoms with van der Waals surface area (Å²) in [7, 11) is 0. The lowest BCUT2D eigenvalue weighted by Crippen LogP contribution is -2.38. The summed E-state index contributed by atoms with van der Waals surface area (Å²) in [5.74, 6) is 0.487. The summed E-state index contributed by atoms with van der Waals surface area (Å²) in [5.41, 5.74) is 5.20. The molecule has 1 amide bonds. The molecule has 1 aliphatic carbocycles. The van der Waals surface area contributed by atoms with Crippen LogP contribution in [-0.2, 0) is 4.79 Å². The Kier molecular flexibility index (Phi) is 3.49. The van der Waals surface area contributed by atoms with Gasteiger partial charge in [-0.2, -0.15) is 0 Å². The second-order valence-corrected chi connectivity index (χ2v) is 3.33. The molecule has 1 aliphatic rings. The largest absolute Gasteiger partial charge is 0.393 e. The first kappa shape index (κ1) is 9.48. The van der Waals surface area contributed by atoms with Crippen molar-refractivity contribution >= 4 is 5.91 Å². The molecule has 12 heavy (non-hydrogen) atoms. The van der Waals surface area contributed by atoms with Crippen molar-refractivity contribution in [3.8, 4) is 0 Å². The van der Waals surface area contributed by atoms with E-state index in [2.05, 4.69) is 5.32 Å². The summed E-state index contributed by atoms with van der Waals surface area (Å²) in [6.45, 7) is 1.09. The van der Waals surface area contributed by atoms with E-state index >= 15 is 0 Å². The van der Waals surface area contributed by atoms with E-state index in [-0.39, 0.29) is 12.0 Å². The van der Waals surface area contributed by atoms with Crippen LogP contribution in [0.3, 0.4) is 0 Å². The molecule has 4 nitrogen and oxygen atoms in total. The molecule has 0 aromatic rings. The molecule has 1 fully saturated rings. The highest BCUT2D eigenvalue weighted by molar-refractivity contribution is 5.75. The zero-order chi connectivity index (χ0) is 8.97. The molecule has 0 aromatic carbocycles. The van der Waals surface area contributed by atoms with Crippen LogP contribution in [0, 0.1) is 5.92 Å². The van der Waals surface area contributed by atoms with E-state index in [1.54, 1.807) is 0 Å². The summed E-state index contributed by atoms with van der Waals surface area (Å²) in [6.07, 6.45) is 1.91. The molecule has 0 aliphatic heterocycles. The molecular formula is C8H16N2O2. The van der Waals surface area contributed by atoms with Gasteiger partial charge in [-0.3, -0.25) is 4.79 Å². The lowest BCUT2D eigenvalue weighted by atomic mass is 9.82. The minimum Gasteiger partial charge on any atom is -0.393 e. The van der Waals surface area contributed by atoms with Gasteiger partial charge in [-0.1, -0.05) is 0 Å². The van der Waals surface area contributed by atoms with Crippen LogP contribution in [-0.4, -0.2) is 30.2 Å². The van der Waals surface area contributed by atoms with E-state index in [0.717, 1.165) is 12.8 Å². The Morgan fingerprint density at radius 2 is 2.25 bits per heavy atom. The molecular weight excluding hydrogens is 156 g/mol. The molecule has 0 bridgehead atoms. The number of nitrogens with two attached hydrogens (primary N) is 1. The third-order valence-electron chi connectivity index (χ3n) is 2.17. The van der Waals surface area contributed by atoms with Crippen molar-refractivity contribution < 1.29 is 9.90 Å². The van der Waals surface area contributed by atoms with Gasteiger partial charge in [0.15, 0.2) is 0 Å². The van der Waals surface area contributed by atoms with Gasteiger partial charge >= 0.3 is 0 Å². The quantitative estimate of drug-likeness (QED) is 0.521. The van der Waals surface area contributed by atoms with Gasteiger partial charge in [-0.15, -0.1) is 0 Å². The average molecular weight is 172 g/mol. The standard InChI is InChI=1S/C8H16N2O2/c9-2-1-8(12)10-5-6-3-7(11)4-6/h6-7,11H,1-5,9H2,(H,10,12). The van der Waals surface area contributed by atoms with Crippen molar-refractivity contribution in [2.24, 2.45) is 11.7 Å². The first-order valence-corrected chi connectivity index (χ1v) is 4.37. The molecule has 4 N–H and O–H groups in total. The lowest BCUT2D eigenvalue weighted by Gasteiger charge is -2.31. The maximum absolute atomic E-state index is 10.9. The summed E-state index contributed by atoms with van der Waals surface area (Å²) < 4.78 is 0. The molecule has 4 heteroatoms. The van der Waals surface area contributed by atoms with Crippen LogP contribution in [0.4, 0.5) is 0 Å². The Balaban J connectivity index is 1.98. The predicted molar refractivity (Wildman–Crippen MR) is 45.4 cm³/mol. The molecule has 1 saturated carbocycles. The zero-order valence-corrected chi connectivity index (χ0v) is 7.12. The Morgan fingerprint density at radius 1 is 1.58 bits per heavy atom. The molecule has 0 unspecified atom stereocenters. The fourth-order valence-corrected chi connectivity index (χ4v) is 1.34. The van der Waals surface area contributed by atoms with E-state index in [4.69, 9.17) is 10.8 Å². The minimum absolute atomic E-state index is 0.0129. The molecule has 0 saturated heterocycles. The number of nitrogens with one attached hydrogen (secondary N) is 1. The SMILES string of the molecule is NCCC(=O)NCC1CC(O)C1. The molecule has 1 rings (SSSR count). The second-order valence-electron chi connectivity index (χ2n) is 3.33. The first-order valence-electron chi connectivity index (χ1n) is 4.37. The smallest absolute Gasteiger partial charge is 0.221 e. The van der Waals surface area contributed by atoms with Gasteiger partial charge < -0.3 is 16.2 Å². The Labute approximate surface area is 72.1 Å². The summed E-state index contributed by atoms with van der Waals surface area (Å²) >= 11 is 0. The highest BCUT2D eigenvalue weighted by atomic mass is 16.3. The fourth-order valence-electron chi connectivity index (χ4n) is 1.34. The lowest BCUT2D eigenvalue weighted by molar-refractivity contribution is -0.121. The van der Waals surface area contributed by atoms with Crippen LogP contribution < -0.4 is 11.1 Å². The Hall–Kier alpha value is -0.610. The molecule has 0 aromatic heterocycles. The summed E-state index contributed by atoms with van der Waals surface area (Å²) in [4.78, 5) is 10.9. The monoisotopic (exact) mass is 172 g/mol. The number of carbonyl (C=O) groups excluding carboxylic acids is 1. The van der Waals surface area contributed by atoms with Crippen molar-refractivity contribution in [2.45, 2.75) is 25.4 Å². The number of hydrogen-bond acceptors (Lipinski definition) is 3. The number of hydrogen-bond donors (Lipinski definition) is 3. The van der Waals surface area contributed by atoms with Crippen molar-refractivity contribution in [1.29, 1.82) is 0 Å². The van der Waals surface area contributed by atoms with E-state index < -0.39 is 0 Å². The Bertz CT molecular complexity index is 155. The van der Waals surface area contributed by atoms with Gasteiger partial charge in [-0.05, 0) is 18.8 Å². The van der Waals surface area contributed by atoms with Gasteiger partial charge in [0.25, 0.3) is 0 Å². The number of aliphatic hydroxyl groups excluding tert-OH is 1. The normalized spacial score (nSPS) is 27.8. The van der Waals surface area contributed by atoms with Gasteiger partial charge in [0.1, 0.15) is 0 Å². The average Bonchev–Trinajstić information content (AvgIpc) is 1.96. The summed E-state index contributed by atoms with van der Waals surface area (Å²) in [5, 5.41) is 11.7. The third kappa shape index (κ3) is 2.79. The maximum atomic E-state index is 10.9. The van der Waals surface area contributed by atoms with E-state index in [9.17, 15) is 4.79 Å². The number of amides is 1. The van der Waals surface area contributed by atoms with Crippen LogP contribution >= 0.6 is 0 Å². The van der Waals surface area contributed by atoms with Crippen LogP contribution in [0.1, 0.15) is 19.3 Å². The maximum Gasteiger partial charge on any atom is 0.221 e. The topological polar surface area (TPSA) is 75.4 Å². The van der Waals surface area contributed by atoms with E-state index in [1.807, 2.05) is 0 Å². The third-order valence-corrected chi connectivity index (χ3v) is 2.17. The highest BCUT2D eigenvalue weighted by Crippen LogP contribution is 2.25. The molecule has 70 valence electrons. The molecule has 0 atom stereocenters. The zero-order valence-electron chi connectivity index (χ0n) is 7.12. The highest BCUT2D eigenvalue weighted by Gasteiger charge is 2.26. The van der Waals surface area contributed by atoms with Gasteiger partial charge in [0.05, 0.1) is 6.10 Å². The molecule has 0 heterocycles. The molecule has 0 radical (unpaired) electrons. The Morgan fingerprint density at radius 3 is 2.75 bits per heavy atom. The summed E-state index contributed by atoms with van der Waals surface area (Å²) in [6, 6.07) is 0. The minimum atomic E-state index is -0.138. The van der Waals surface area contributed by atoms with E-state index in [1.165, 1.54) is 0 Å². The van der Waals surface area contributed by atoms with Gasteiger partial charge in [-0.25, -0.2) is 0 Å². The van der Waals surface area contributed by atoms with Crippen LogP contribution in [0.15, 0.2) is 0 Å². The van der Waals surface area contributed by atoms with Crippen LogP contribution in [0.5, 0.6) is 0 Å². The number of carbonyl (C=O) groups is 1. The predicted octanol–water partition coefficient (Wildman–Crippen LogP) is -0.778. The van der Waals surface area contributed by atoms with Crippen molar-refractivity contribution in [3.05, 3.63) is 0 Å². The van der Waals surface area contributed by atoms with Crippen LogP contribution in [0.2, 0.25) is 0 Å². The van der Waals surface area contributed by atoms with Crippen LogP contribution in [0.25, 0.3) is 0 Å². The van der Waals surface area contributed by atoms with Crippen molar-refractivity contribution in [2.75, 3.05) is 13.1 Å². The van der Waals surface area contributed by atoms with Crippen molar-refractivity contribution in [1.82, 2.24) is 5.32 Å². The second kappa shape index (κ2) is 4.42. The van der Waals surface area contributed by atoms with E-state index in [0.29, 0.717) is 25.4 Å². The first-order chi connectivity index (χ1) is 5.72. The van der Waals surface area contributed by atoms with Gasteiger partial charge in [0, 0.05) is 19.5 Å². The fraction of sp³-hybridized carbons (Fsp3) is 0.875. The molecule has 0 spiro atoms. The number of aliphatic hydroxyl groups is 1. The number of rotatable bonds is 4. The van der Waals surface area contributed by atoms with Gasteiger partial charge in [0.2, 0.25) is 5.91 Å².